The lowest BCUT2D eigenvalue weighted by Crippen LogP contribution is -2.40. The van der Waals surface area contributed by atoms with Crippen LogP contribution < -0.4 is 0 Å². The van der Waals surface area contributed by atoms with Gasteiger partial charge < -0.3 is 10.0 Å². The fourth-order valence-electron chi connectivity index (χ4n) is 2.07. The molecule has 7 nitrogen and oxygen atoms in total. The van der Waals surface area contributed by atoms with Crippen LogP contribution in [0.25, 0.3) is 0 Å². The Kier molecular flexibility index (Phi) is 7.98. The molecule has 1 amide bonds. The van der Waals surface area contributed by atoms with Gasteiger partial charge in [0.05, 0.1) is 18.3 Å². The van der Waals surface area contributed by atoms with Crippen LogP contribution in [0.15, 0.2) is 10.6 Å². The Morgan fingerprint density at radius 3 is 2.52 bits per heavy atom. The quantitative estimate of drug-likeness (QED) is 0.753. The van der Waals surface area contributed by atoms with E-state index in [1.165, 1.54) is 9.70 Å². The molecule has 0 saturated heterocycles. The second-order valence-corrected chi connectivity index (χ2v) is 6.38. The normalized spacial score (nSPS) is 12.3. The monoisotopic (exact) mass is 363 g/mol. The van der Waals surface area contributed by atoms with Crippen LogP contribution in [0.4, 0.5) is 0 Å². The van der Waals surface area contributed by atoms with Crippen LogP contribution in [-0.2, 0) is 6.54 Å². The van der Waals surface area contributed by atoms with E-state index in [0.29, 0.717) is 31.0 Å². The van der Waals surface area contributed by atoms with E-state index < -0.39 is 6.10 Å². The number of carbonyl (C=O) groups is 1. The summed E-state index contributed by atoms with van der Waals surface area (Å²) in [5, 5.41) is 18.4. The number of aliphatic hydroxyl groups excluding tert-OH is 1. The predicted octanol–water partition coefficient (Wildman–Crippen LogP) is 1.29. The number of aromatic nitrogens is 3. The highest BCUT2D eigenvalue weighted by Crippen LogP contribution is 2.07. The fourth-order valence-corrected chi connectivity index (χ4v) is 2.20. The van der Waals surface area contributed by atoms with E-state index in [0.717, 1.165) is 0 Å². The van der Waals surface area contributed by atoms with Crippen LogP contribution in [0.2, 0.25) is 0 Å². The Labute approximate surface area is 146 Å². The number of amides is 1. The van der Waals surface area contributed by atoms with Crippen molar-refractivity contribution in [1.82, 2.24) is 24.8 Å². The molecule has 1 aromatic rings. The Morgan fingerprint density at radius 2 is 2.00 bits per heavy atom. The maximum atomic E-state index is 12.4. The molecule has 0 aliphatic carbocycles. The van der Waals surface area contributed by atoms with E-state index in [4.69, 9.17) is 23.2 Å². The molecule has 130 valence electrons. The van der Waals surface area contributed by atoms with Crippen molar-refractivity contribution in [3.05, 3.63) is 22.0 Å². The summed E-state index contributed by atoms with van der Waals surface area (Å²) in [6, 6.07) is 0. The van der Waals surface area contributed by atoms with E-state index in [9.17, 15) is 9.90 Å². The van der Waals surface area contributed by atoms with Crippen LogP contribution in [0.5, 0.6) is 0 Å². The summed E-state index contributed by atoms with van der Waals surface area (Å²) in [5.74, 6) is -0.257. The minimum Gasteiger partial charge on any atom is -0.390 e. The van der Waals surface area contributed by atoms with Crippen molar-refractivity contribution in [3.63, 3.8) is 0 Å². The van der Waals surface area contributed by atoms with E-state index >= 15 is 0 Å². The first-order valence-electron chi connectivity index (χ1n) is 7.29. The van der Waals surface area contributed by atoms with Crippen molar-refractivity contribution < 1.29 is 9.90 Å². The second-order valence-electron chi connectivity index (χ2n) is 5.38. The summed E-state index contributed by atoms with van der Waals surface area (Å²) in [5.41, 5.74) is 0.893. The molecule has 0 fully saturated rings. The van der Waals surface area contributed by atoms with Gasteiger partial charge in [0.1, 0.15) is 4.49 Å². The number of hydrogen-bond donors (Lipinski definition) is 1. The van der Waals surface area contributed by atoms with Crippen LogP contribution in [0.1, 0.15) is 23.1 Å². The third-order valence-corrected chi connectivity index (χ3v) is 3.53. The average molecular weight is 364 g/mol. The first kappa shape index (κ1) is 19.9. The number of likely N-dealkylation sites (N-methyl/N-ethyl adjacent to an activating group) is 2. The number of aliphatic hydroxyl groups is 1. The van der Waals surface area contributed by atoms with Crippen molar-refractivity contribution in [3.8, 4) is 0 Å². The van der Waals surface area contributed by atoms with E-state index in [2.05, 4.69) is 10.2 Å². The summed E-state index contributed by atoms with van der Waals surface area (Å²) in [4.78, 5) is 17.1. The van der Waals surface area contributed by atoms with Crippen LogP contribution >= 0.6 is 23.2 Å². The standard InChI is InChI=1S/C14H23Cl2N5O2/c1-5-21-17-10(2)13(18-21)14(23)20(4)9-11(22)8-19(3)7-6-12(15)16/h6,11,22H,5,7-9H2,1-4H3. The van der Waals surface area contributed by atoms with Gasteiger partial charge in [-0.05, 0) is 27.0 Å². The third-order valence-electron chi connectivity index (χ3n) is 3.22. The highest BCUT2D eigenvalue weighted by Gasteiger charge is 2.21. The zero-order valence-corrected chi connectivity index (χ0v) is 15.3. The van der Waals surface area contributed by atoms with Gasteiger partial charge in [-0.2, -0.15) is 9.90 Å². The van der Waals surface area contributed by atoms with Gasteiger partial charge >= 0.3 is 0 Å². The molecule has 1 heterocycles. The highest BCUT2D eigenvalue weighted by atomic mass is 35.5. The Morgan fingerprint density at radius 1 is 1.35 bits per heavy atom. The van der Waals surface area contributed by atoms with Crippen molar-refractivity contribution in [2.45, 2.75) is 26.5 Å². The van der Waals surface area contributed by atoms with Gasteiger partial charge in [-0.1, -0.05) is 23.2 Å². The molecule has 9 heteroatoms. The smallest absolute Gasteiger partial charge is 0.276 e. The molecule has 0 aromatic carbocycles. The molecule has 0 aliphatic rings. The lowest BCUT2D eigenvalue weighted by Gasteiger charge is -2.23. The molecule has 0 radical (unpaired) electrons. The second kappa shape index (κ2) is 9.22. The zero-order valence-electron chi connectivity index (χ0n) is 13.8. The lowest BCUT2D eigenvalue weighted by atomic mass is 10.2. The molecule has 1 rings (SSSR count). The maximum Gasteiger partial charge on any atom is 0.276 e. The van der Waals surface area contributed by atoms with Crippen molar-refractivity contribution in [1.29, 1.82) is 0 Å². The van der Waals surface area contributed by atoms with E-state index in [-0.39, 0.29) is 16.9 Å². The lowest BCUT2D eigenvalue weighted by molar-refractivity contribution is 0.0617. The third kappa shape index (κ3) is 6.47. The average Bonchev–Trinajstić information content (AvgIpc) is 2.85. The number of carbonyl (C=O) groups excluding carboxylic acids is 1. The van der Waals surface area contributed by atoms with Gasteiger partial charge in [0.15, 0.2) is 5.69 Å². The molecule has 1 aromatic heterocycles. The zero-order chi connectivity index (χ0) is 17.6. The molecule has 0 saturated carbocycles. The summed E-state index contributed by atoms with van der Waals surface area (Å²) < 4.78 is 0.188. The van der Waals surface area contributed by atoms with Gasteiger partial charge in [0.2, 0.25) is 0 Å². The molecule has 1 atom stereocenters. The molecular weight excluding hydrogens is 341 g/mol. The van der Waals surface area contributed by atoms with Gasteiger partial charge in [-0.25, -0.2) is 0 Å². The van der Waals surface area contributed by atoms with Crippen LogP contribution in [-0.4, -0.2) is 75.6 Å². The Hall–Kier alpha value is -1.15. The van der Waals surface area contributed by atoms with Crippen LogP contribution in [0.3, 0.4) is 0 Å². The number of rotatable bonds is 8. The molecule has 0 spiro atoms. The van der Waals surface area contributed by atoms with Crippen molar-refractivity contribution in [2.75, 3.05) is 33.7 Å². The maximum absolute atomic E-state index is 12.4. The van der Waals surface area contributed by atoms with Gasteiger partial charge in [-0.3, -0.25) is 9.69 Å². The SMILES string of the molecule is CCn1nc(C)c(C(=O)N(C)CC(O)CN(C)CC=C(Cl)Cl)n1. The van der Waals surface area contributed by atoms with E-state index in [1.807, 2.05) is 18.9 Å². The van der Waals surface area contributed by atoms with Crippen LogP contribution in [0, 0.1) is 6.92 Å². The number of nitrogens with zero attached hydrogens (tertiary/aromatic N) is 5. The minimum absolute atomic E-state index is 0.188. The number of hydrogen-bond acceptors (Lipinski definition) is 5. The first-order chi connectivity index (χ1) is 10.7. The minimum atomic E-state index is -0.696. The summed E-state index contributed by atoms with van der Waals surface area (Å²) >= 11 is 11.1. The van der Waals surface area contributed by atoms with E-state index in [1.54, 1.807) is 20.0 Å². The molecule has 23 heavy (non-hydrogen) atoms. The summed E-state index contributed by atoms with van der Waals surface area (Å²) in [6.07, 6.45) is 0.940. The summed E-state index contributed by atoms with van der Waals surface area (Å²) in [6.45, 7) is 5.34. The van der Waals surface area contributed by atoms with Gasteiger partial charge in [-0.15, -0.1) is 5.10 Å². The Bertz CT molecular complexity index is 557. The first-order valence-corrected chi connectivity index (χ1v) is 8.05. The predicted molar refractivity (Wildman–Crippen MR) is 90.7 cm³/mol. The Balaban J connectivity index is 2.57. The van der Waals surface area contributed by atoms with Gasteiger partial charge in [0.25, 0.3) is 5.91 Å². The van der Waals surface area contributed by atoms with Gasteiger partial charge in [0, 0.05) is 26.7 Å². The molecular formula is C14H23Cl2N5O2. The van der Waals surface area contributed by atoms with Crippen molar-refractivity contribution >= 4 is 29.1 Å². The number of aryl methyl sites for hydroxylation is 2. The number of halogens is 2. The summed E-state index contributed by atoms with van der Waals surface area (Å²) in [7, 11) is 3.46. The highest BCUT2D eigenvalue weighted by molar-refractivity contribution is 6.55. The fraction of sp³-hybridized carbons (Fsp3) is 0.643. The molecule has 0 bridgehead atoms. The molecule has 1 unspecified atom stereocenters. The largest absolute Gasteiger partial charge is 0.390 e. The molecule has 0 aliphatic heterocycles. The molecule has 1 N–H and O–H groups in total. The van der Waals surface area contributed by atoms with Crippen molar-refractivity contribution in [2.24, 2.45) is 0 Å². The topological polar surface area (TPSA) is 74.5 Å².